The van der Waals surface area contributed by atoms with Gasteiger partial charge in [0.15, 0.2) is 0 Å². The maximum atomic E-state index is 5.89. The molecule has 1 aliphatic carbocycles. The Kier molecular flexibility index (Phi) is 2.84. The Morgan fingerprint density at radius 2 is 2.13 bits per heavy atom. The molecule has 1 heteroatoms. The molecule has 0 amide bonds. The lowest BCUT2D eigenvalue weighted by molar-refractivity contribution is 0.0743. The summed E-state index contributed by atoms with van der Waals surface area (Å²) in [6.45, 7) is 1.78. The molecule has 2 rings (SSSR count). The van der Waals surface area contributed by atoms with Crippen LogP contribution in [0.1, 0.15) is 32.6 Å². The Balaban J connectivity index is 2.01. The quantitative estimate of drug-likeness (QED) is 0.544. The lowest BCUT2D eigenvalue weighted by Gasteiger charge is -2.21. The van der Waals surface area contributed by atoms with E-state index in [0.717, 1.165) is 18.6 Å². The van der Waals surface area contributed by atoms with Crippen LogP contribution in [-0.4, -0.2) is 5.60 Å². The van der Waals surface area contributed by atoms with Crippen molar-refractivity contribution in [1.82, 2.24) is 0 Å². The zero-order chi connectivity index (χ0) is 10.6. The minimum atomic E-state index is 0.00392. The van der Waals surface area contributed by atoms with E-state index < -0.39 is 0 Å². The number of ether oxygens (including phenoxy) is 1. The summed E-state index contributed by atoms with van der Waals surface area (Å²) in [4.78, 5) is 0. The molecule has 1 heterocycles. The van der Waals surface area contributed by atoms with E-state index >= 15 is 0 Å². The molecule has 0 saturated heterocycles. The Morgan fingerprint density at radius 1 is 1.33 bits per heavy atom. The van der Waals surface area contributed by atoms with Gasteiger partial charge in [-0.1, -0.05) is 11.8 Å². The second-order valence-electron chi connectivity index (χ2n) is 3.90. The molecule has 0 atom stereocenters. The maximum Gasteiger partial charge on any atom is 0.128 e. The van der Waals surface area contributed by atoms with Crippen molar-refractivity contribution in [3.05, 3.63) is 24.0 Å². The predicted molar refractivity (Wildman–Crippen MR) is 60.7 cm³/mol. The lowest BCUT2D eigenvalue weighted by atomic mass is 10.0. The van der Waals surface area contributed by atoms with Gasteiger partial charge in [-0.15, -0.1) is 0 Å². The highest BCUT2D eigenvalue weighted by atomic mass is 16.5. The predicted octanol–water partition coefficient (Wildman–Crippen LogP) is 2.80. The summed E-state index contributed by atoms with van der Waals surface area (Å²) < 4.78 is 5.89. The van der Waals surface area contributed by atoms with E-state index in [1.165, 1.54) is 12.8 Å². The highest BCUT2D eigenvalue weighted by Gasteiger charge is 2.36. The largest absolute Gasteiger partial charge is 0.483 e. The van der Waals surface area contributed by atoms with E-state index in [1.54, 1.807) is 13.0 Å². The van der Waals surface area contributed by atoms with E-state index in [9.17, 15) is 0 Å². The second-order valence-corrected chi connectivity index (χ2v) is 3.90. The standard InChI is InChI=1S/C14H14O/c1-2-3-4-5-8-13-9-12-14(15-13)10-6-7-11-14/h8-9,12H,6-7,10-11H2,1H3/b13-8-. The smallest absolute Gasteiger partial charge is 0.128 e. The summed E-state index contributed by atoms with van der Waals surface area (Å²) in [5.41, 5.74) is 0.00392. The summed E-state index contributed by atoms with van der Waals surface area (Å²) >= 11 is 0. The SMILES string of the molecule is CC#CC#C/C=C1/C=CC2(CCCC2)O1. The summed E-state index contributed by atoms with van der Waals surface area (Å²) in [7, 11) is 0. The van der Waals surface area contributed by atoms with Crippen molar-refractivity contribution in [2.24, 2.45) is 0 Å². The Bertz CT molecular complexity index is 412. The molecule has 0 unspecified atom stereocenters. The van der Waals surface area contributed by atoms with Crippen LogP contribution in [0.5, 0.6) is 0 Å². The fourth-order valence-electron chi connectivity index (χ4n) is 2.06. The molecule has 0 bridgehead atoms. The summed E-state index contributed by atoms with van der Waals surface area (Å²) in [5.74, 6) is 11.9. The van der Waals surface area contributed by atoms with Crippen molar-refractivity contribution < 1.29 is 4.74 Å². The van der Waals surface area contributed by atoms with Crippen molar-refractivity contribution in [3.63, 3.8) is 0 Å². The van der Waals surface area contributed by atoms with Gasteiger partial charge in [-0.3, -0.25) is 0 Å². The maximum absolute atomic E-state index is 5.89. The molecule has 1 nitrogen and oxygen atoms in total. The van der Waals surface area contributed by atoms with Crippen LogP contribution in [0, 0.1) is 23.7 Å². The number of allylic oxidation sites excluding steroid dienone is 2. The van der Waals surface area contributed by atoms with Gasteiger partial charge in [0.05, 0.1) is 0 Å². The monoisotopic (exact) mass is 198 g/mol. The van der Waals surface area contributed by atoms with Crippen LogP contribution >= 0.6 is 0 Å². The minimum absolute atomic E-state index is 0.00392. The average molecular weight is 198 g/mol. The number of hydrogen-bond donors (Lipinski definition) is 0. The highest BCUT2D eigenvalue weighted by Crippen LogP contribution is 2.40. The molecule has 0 aromatic heterocycles. The first-order valence-electron chi connectivity index (χ1n) is 5.35. The van der Waals surface area contributed by atoms with Crippen molar-refractivity contribution >= 4 is 0 Å². The first kappa shape index (κ1) is 9.94. The van der Waals surface area contributed by atoms with E-state index in [1.807, 2.05) is 6.08 Å². The third-order valence-corrected chi connectivity index (χ3v) is 2.80. The molecular formula is C14H14O. The molecule has 2 aliphatic rings. The Labute approximate surface area is 91.2 Å². The van der Waals surface area contributed by atoms with Gasteiger partial charge >= 0.3 is 0 Å². The van der Waals surface area contributed by atoms with Gasteiger partial charge < -0.3 is 4.74 Å². The van der Waals surface area contributed by atoms with Gasteiger partial charge in [0.25, 0.3) is 0 Å². The van der Waals surface area contributed by atoms with Crippen molar-refractivity contribution in [1.29, 1.82) is 0 Å². The van der Waals surface area contributed by atoms with Gasteiger partial charge in [-0.2, -0.15) is 0 Å². The fourth-order valence-corrected chi connectivity index (χ4v) is 2.06. The van der Waals surface area contributed by atoms with Crippen molar-refractivity contribution in [3.8, 4) is 23.7 Å². The fraction of sp³-hybridized carbons (Fsp3) is 0.429. The van der Waals surface area contributed by atoms with E-state index in [-0.39, 0.29) is 5.60 Å². The molecule has 76 valence electrons. The third-order valence-electron chi connectivity index (χ3n) is 2.80. The van der Waals surface area contributed by atoms with E-state index in [2.05, 4.69) is 29.8 Å². The van der Waals surface area contributed by atoms with E-state index in [4.69, 9.17) is 4.74 Å². The molecule has 1 aliphatic heterocycles. The van der Waals surface area contributed by atoms with Crippen LogP contribution < -0.4 is 0 Å². The minimum Gasteiger partial charge on any atom is -0.483 e. The number of hydrogen-bond acceptors (Lipinski definition) is 1. The number of rotatable bonds is 0. The van der Waals surface area contributed by atoms with Gasteiger partial charge in [0.1, 0.15) is 11.4 Å². The molecule has 1 saturated carbocycles. The van der Waals surface area contributed by atoms with Gasteiger partial charge in [0, 0.05) is 6.08 Å². The van der Waals surface area contributed by atoms with Gasteiger partial charge in [0.2, 0.25) is 0 Å². The molecule has 0 aromatic carbocycles. The summed E-state index contributed by atoms with van der Waals surface area (Å²) in [5, 5.41) is 0. The second kappa shape index (κ2) is 4.28. The summed E-state index contributed by atoms with van der Waals surface area (Å²) in [6.07, 6.45) is 10.8. The van der Waals surface area contributed by atoms with Crippen LogP contribution in [0.2, 0.25) is 0 Å². The van der Waals surface area contributed by atoms with Gasteiger partial charge in [-0.25, -0.2) is 0 Å². The van der Waals surface area contributed by atoms with Crippen LogP contribution in [0.15, 0.2) is 24.0 Å². The molecule has 1 spiro atoms. The van der Waals surface area contributed by atoms with Crippen LogP contribution in [0.25, 0.3) is 0 Å². The molecule has 0 radical (unpaired) electrons. The van der Waals surface area contributed by atoms with E-state index in [0.29, 0.717) is 0 Å². The zero-order valence-corrected chi connectivity index (χ0v) is 8.97. The van der Waals surface area contributed by atoms with Crippen LogP contribution in [0.3, 0.4) is 0 Å². The van der Waals surface area contributed by atoms with Crippen LogP contribution in [-0.2, 0) is 4.74 Å². The highest BCUT2D eigenvalue weighted by molar-refractivity contribution is 5.35. The average Bonchev–Trinajstić information content (AvgIpc) is 2.85. The molecular weight excluding hydrogens is 184 g/mol. The van der Waals surface area contributed by atoms with Gasteiger partial charge in [-0.05, 0) is 56.6 Å². The van der Waals surface area contributed by atoms with Crippen molar-refractivity contribution in [2.75, 3.05) is 0 Å². The summed E-state index contributed by atoms with van der Waals surface area (Å²) in [6, 6.07) is 0. The Hall–Kier alpha value is -1.60. The Morgan fingerprint density at radius 3 is 2.87 bits per heavy atom. The van der Waals surface area contributed by atoms with Crippen molar-refractivity contribution in [2.45, 2.75) is 38.2 Å². The normalized spacial score (nSPS) is 23.1. The molecule has 15 heavy (non-hydrogen) atoms. The first-order chi connectivity index (χ1) is 7.35. The topological polar surface area (TPSA) is 9.23 Å². The molecule has 1 fully saturated rings. The molecule has 0 aromatic rings. The zero-order valence-electron chi connectivity index (χ0n) is 8.97. The molecule has 0 N–H and O–H groups in total. The lowest BCUT2D eigenvalue weighted by Crippen LogP contribution is -2.20. The third kappa shape index (κ3) is 2.25. The first-order valence-corrected chi connectivity index (χ1v) is 5.35. The van der Waals surface area contributed by atoms with Crippen LogP contribution in [0.4, 0.5) is 0 Å².